The van der Waals surface area contributed by atoms with E-state index in [-0.39, 0.29) is 5.82 Å². The molecule has 4 heteroatoms. The Morgan fingerprint density at radius 2 is 2.32 bits per heavy atom. The van der Waals surface area contributed by atoms with E-state index in [1.807, 2.05) is 0 Å². The topological polar surface area (TPSA) is 17.8 Å². The number of rotatable bonds is 5. The Kier molecular flexibility index (Phi) is 3.48. The van der Waals surface area contributed by atoms with E-state index in [0.29, 0.717) is 11.9 Å². The molecule has 0 radical (unpaired) electrons. The van der Waals surface area contributed by atoms with Gasteiger partial charge in [0, 0.05) is 18.3 Å². The number of benzene rings is 1. The van der Waals surface area contributed by atoms with Crippen LogP contribution in [0.1, 0.15) is 38.1 Å². The third kappa shape index (κ3) is 2.36. The largest absolute Gasteiger partial charge is 0.324 e. The molecule has 0 saturated heterocycles. The quantitative estimate of drug-likeness (QED) is 0.746. The highest BCUT2D eigenvalue weighted by Crippen LogP contribution is 2.48. The molecule has 1 aromatic heterocycles. The van der Waals surface area contributed by atoms with Crippen LogP contribution in [0, 0.1) is 11.7 Å². The van der Waals surface area contributed by atoms with E-state index in [9.17, 15) is 4.39 Å². The third-order valence-corrected chi connectivity index (χ3v) is 4.11. The van der Waals surface area contributed by atoms with Crippen LogP contribution in [0.4, 0.5) is 4.39 Å². The minimum Gasteiger partial charge on any atom is -0.324 e. The lowest BCUT2D eigenvalue weighted by atomic mass is 10.2. The molecular weight excluding hydrogens is 263 g/mol. The van der Waals surface area contributed by atoms with Gasteiger partial charge in [-0.1, -0.05) is 13.3 Å². The van der Waals surface area contributed by atoms with Crippen LogP contribution < -0.4 is 0 Å². The van der Waals surface area contributed by atoms with E-state index >= 15 is 0 Å². The molecule has 0 bridgehead atoms. The van der Waals surface area contributed by atoms with Gasteiger partial charge in [-0.15, -0.1) is 11.6 Å². The SMILES string of the molecule is CCCC1CC1n1c(CCCl)nc2ccc(F)cc21. The van der Waals surface area contributed by atoms with Crippen LogP contribution in [0.25, 0.3) is 11.0 Å². The first kappa shape index (κ1) is 12.9. The summed E-state index contributed by atoms with van der Waals surface area (Å²) in [7, 11) is 0. The lowest BCUT2D eigenvalue weighted by molar-refractivity contribution is 0.597. The monoisotopic (exact) mass is 280 g/mol. The number of aryl methyl sites for hydroxylation is 1. The maximum atomic E-state index is 13.5. The fourth-order valence-corrected chi connectivity index (χ4v) is 3.14. The van der Waals surface area contributed by atoms with Gasteiger partial charge >= 0.3 is 0 Å². The van der Waals surface area contributed by atoms with Crippen LogP contribution in [-0.2, 0) is 6.42 Å². The van der Waals surface area contributed by atoms with Crippen molar-refractivity contribution in [3.8, 4) is 0 Å². The molecule has 2 atom stereocenters. The summed E-state index contributed by atoms with van der Waals surface area (Å²) < 4.78 is 15.7. The number of aromatic nitrogens is 2. The molecule has 1 saturated carbocycles. The second-order valence-electron chi connectivity index (χ2n) is 5.32. The Hall–Kier alpha value is -1.09. The summed E-state index contributed by atoms with van der Waals surface area (Å²) >= 11 is 5.86. The summed E-state index contributed by atoms with van der Waals surface area (Å²) in [5, 5.41) is 0. The van der Waals surface area contributed by atoms with Crippen molar-refractivity contribution in [1.82, 2.24) is 9.55 Å². The van der Waals surface area contributed by atoms with Crippen LogP contribution in [0.2, 0.25) is 0 Å². The second-order valence-corrected chi connectivity index (χ2v) is 5.70. The molecule has 0 amide bonds. The zero-order valence-corrected chi connectivity index (χ0v) is 11.8. The van der Waals surface area contributed by atoms with Crippen molar-refractivity contribution in [3.05, 3.63) is 29.8 Å². The average Bonchev–Trinajstić information content (AvgIpc) is 3.03. The van der Waals surface area contributed by atoms with Gasteiger partial charge in [0.25, 0.3) is 0 Å². The van der Waals surface area contributed by atoms with Crippen molar-refractivity contribution in [2.45, 2.75) is 38.6 Å². The van der Waals surface area contributed by atoms with Gasteiger partial charge in [0.2, 0.25) is 0 Å². The zero-order valence-electron chi connectivity index (χ0n) is 11.1. The highest BCUT2D eigenvalue weighted by molar-refractivity contribution is 6.17. The van der Waals surface area contributed by atoms with Gasteiger partial charge in [-0.05, 0) is 37.0 Å². The van der Waals surface area contributed by atoms with E-state index in [0.717, 1.165) is 29.2 Å². The van der Waals surface area contributed by atoms with E-state index in [1.165, 1.54) is 25.3 Å². The predicted octanol–water partition coefficient (Wildman–Crippen LogP) is 4.32. The zero-order chi connectivity index (χ0) is 13.4. The summed E-state index contributed by atoms with van der Waals surface area (Å²) in [6.07, 6.45) is 4.37. The van der Waals surface area contributed by atoms with Crippen molar-refractivity contribution in [2.24, 2.45) is 5.92 Å². The first-order valence-corrected chi connectivity index (χ1v) is 7.50. The van der Waals surface area contributed by atoms with Crippen LogP contribution in [0.3, 0.4) is 0 Å². The van der Waals surface area contributed by atoms with Gasteiger partial charge in [-0.2, -0.15) is 0 Å². The first-order valence-electron chi connectivity index (χ1n) is 6.97. The van der Waals surface area contributed by atoms with E-state index in [4.69, 9.17) is 11.6 Å². The van der Waals surface area contributed by atoms with E-state index in [2.05, 4.69) is 16.5 Å². The van der Waals surface area contributed by atoms with Crippen molar-refractivity contribution >= 4 is 22.6 Å². The Morgan fingerprint density at radius 1 is 1.47 bits per heavy atom. The Labute approximate surface area is 117 Å². The van der Waals surface area contributed by atoms with Crippen molar-refractivity contribution in [3.63, 3.8) is 0 Å². The molecular formula is C15H18ClFN2. The molecule has 0 spiro atoms. The fourth-order valence-electron chi connectivity index (χ4n) is 2.98. The highest BCUT2D eigenvalue weighted by atomic mass is 35.5. The highest BCUT2D eigenvalue weighted by Gasteiger charge is 2.39. The number of nitrogens with zero attached hydrogens (tertiary/aromatic N) is 2. The summed E-state index contributed by atoms with van der Waals surface area (Å²) in [6, 6.07) is 5.32. The number of hydrogen-bond acceptors (Lipinski definition) is 1. The number of imidazole rings is 1. The van der Waals surface area contributed by atoms with Crippen LogP contribution in [-0.4, -0.2) is 15.4 Å². The molecule has 2 aromatic rings. The lowest BCUT2D eigenvalue weighted by Gasteiger charge is -2.08. The molecule has 2 nitrogen and oxygen atoms in total. The number of halogens is 2. The molecule has 3 rings (SSSR count). The minimum atomic E-state index is -0.196. The molecule has 1 aromatic carbocycles. The molecule has 102 valence electrons. The fraction of sp³-hybridized carbons (Fsp3) is 0.533. The smallest absolute Gasteiger partial charge is 0.125 e. The molecule has 1 aliphatic carbocycles. The molecule has 1 aliphatic rings. The summed E-state index contributed by atoms with van der Waals surface area (Å²) in [5.41, 5.74) is 1.80. The van der Waals surface area contributed by atoms with E-state index in [1.54, 1.807) is 12.1 Å². The molecule has 0 aliphatic heterocycles. The maximum absolute atomic E-state index is 13.5. The molecule has 2 unspecified atom stereocenters. The van der Waals surface area contributed by atoms with Gasteiger partial charge < -0.3 is 4.57 Å². The van der Waals surface area contributed by atoms with Gasteiger partial charge in [-0.3, -0.25) is 0 Å². The lowest BCUT2D eigenvalue weighted by Crippen LogP contribution is -2.04. The summed E-state index contributed by atoms with van der Waals surface area (Å²) in [4.78, 5) is 4.61. The van der Waals surface area contributed by atoms with Crippen molar-refractivity contribution < 1.29 is 4.39 Å². The van der Waals surface area contributed by atoms with Gasteiger partial charge in [0.05, 0.1) is 11.0 Å². The van der Waals surface area contributed by atoms with Gasteiger partial charge in [0.1, 0.15) is 11.6 Å². The third-order valence-electron chi connectivity index (χ3n) is 3.92. The predicted molar refractivity (Wildman–Crippen MR) is 76.2 cm³/mol. The maximum Gasteiger partial charge on any atom is 0.125 e. The standard InChI is InChI=1S/C15H18ClFN2/c1-2-3-10-8-13(10)19-14-9-11(17)4-5-12(14)18-15(19)6-7-16/h4-5,9-10,13H,2-3,6-8H2,1H3. The van der Waals surface area contributed by atoms with Crippen molar-refractivity contribution in [1.29, 1.82) is 0 Å². The van der Waals surface area contributed by atoms with E-state index < -0.39 is 0 Å². The Balaban J connectivity index is 2.04. The molecule has 1 fully saturated rings. The van der Waals surface area contributed by atoms with Crippen LogP contribution >= 0.6 is 11.6 Å². The van der Waals surface area contributed by atoms with Crippen LogP contribution in [0.15, 0.2) is 18.2 Å². The normalized spacial score (nSPS) is 22.1. The molecule has 19 heavy (non-hydrogen) atoms. The Bertz CT molecular complexity index is 593. The first-order chi connectivity index (χ1) is 9.24. The van der Waals surface area contributed by atoms with Gasteiger partial charge in [0.15, 0.2) is 0 Å². The van der Waals surface area contributed by atoms with Crippen molar-refractivity contribution in [2.75, 3.05) is 5.88 Å². The van der Waals surface area contributed by atoms with Crippen LogP contribution in [0.5, 0.6) is 0 Å². The summed E-state index contributed by atoms with van der Waals surface area (Å²) in [6.45, 7) is 2.21. The average molecular weight is 281 g/mol. The minimum absolute atomic E-state index is 0.196. The number of alkyl halides is 1. The Morgan fingerprint density at radius 3 is 3.05 bits per heavy atom. The number of fused-ring (bicyclic) bond motifs is 1. The second kappa shape index (κ2) is 5.12. The molecule has 1 heterocycles. The number of hydrogen-bond donors (Lipinski definition) is 0. The van der Waals surface area contributed by atoms with Gasteiger partial charge in [-0.25, -0.2) is 9.37 Å². The molecule has 0 N–H and O–H groups in total. The summed E-state index contributed by atoms with van der Waals surface area (Å²) in [5.74, 6) is 2.08.